The second kappa shape index (κ2) is 11.0. The van der Waals surface area contributed by atoms with Gasteiger partial charge in [0.1, 0.15) is 0 Å². The third kappa shape index (κ3) is 6.20. The van der Waals surface area contributed by atoms with Crippen LogP contribution in [0.1, 0.15) is 75.4 Å². The molecule has 1 saturated carbocycles. The van der Waals surface area contributed by atoms with Crippen LogP contribution in [0.5, 0.6) is 0 Å². The minimum Gasteiger partial charge on any atom is -0.357 e. The maximum absolute atomic E-state index is 4.83. The van der Waals surface area contributed by atoms with Crippen LogP contribution in [0.25, 0.3) is 0 Å². The molecule has 0 spiro atoms. The first-order chi connectivity index (χ1) is 13.5. The van der Waals surface area contributed by atoms with Crippen molar-refractivity contribution in [2.24, 2.45) is 12.0 Å². The number of nitrogens with one attached hydrogen (secondary N) is 1. The van der Waals surface area contributed by atoms with Crippen LogP contribution >= 0.6 is 24.0 Å². The number of aromatic nitrogens is 4. The molecular weight excluding hydrogens is 477 g/mol. The van der Waals surface area contributed by atoms with Crippen molar-refractivity contribution in [2.75, 3.05) is 13.6 Å². The Kier molecular flexibility index (Phi) is 8.98. The quantitative estimate of drug-likeness (QED) is 0.345. The average Bonchev–Trinajstić information content (AvgIpc) is 3.38. The third-order valence-electron chi connectivity index (χ3n) is 5.34. The van der Waals surface area contributed by atoms with Gasteiger partial charge in [0.25, 0.3) is 0 Å². The standard InChI is InChI=1S/C21H35N7.HI/c1-6-22-21(26(4)14-17-15-27(5)25-20(17)16(2)3)23-13-18-11-12-28(24-18)19-9-7-8-10-19;/h11-12,15-16,19H,6-10,13-14H2,1-5H3,(H,22,23);1H. The van der Waals surface area contributed by atoms with Crippen molar-refractivity contribution >= 4 is 29.9 Å². The summed E-state index contributed by atoms with van der Waals surface area (Å²) in [7, 11) is 4.06. The highest BCUT2D eigenvalue weighted by Gasteiger charge is 2.18. The summed E-state index contributed by atoms with van der Waals surface area (Å²) in [6.45, 7) is 8.68. The van der Waals surface area contributed by atoms with Crippen LogP contribution in [0.2, 0.25) is 0 Å². The van der Waals surface area contributed by atoms with E-state index in [-0.39, 0.29) is 24.0 Å². The zero-order valence-corrected chi connectivity index (χ0v) is 20.8. The monoisotopic (exact) mass is 513 g/mol. The lowest BCUT2D eigenvalue weighted by molar-refractivity contribution is 0.461. The van der Waals surface area contributed by atoms with E-state index in [1.165, 1.54) is 31.2 Å². The molecule has 162 valence electrons. The Morgan fingerprint density at radius 2 is 2.03 bits per heavy atom. The van der Waals surface area contributed by atoms with Crippen LogP contribution in [0, 0.1) is 0 Å². The second-order valence-electron chi connectivity index (χ2n) is 8.12. The van der Waals surface area contributed by atoms with Gasteiger partial charge in [0, 0.05) is 45.1 Å². The molecule has 1 aliphatic carbocycles. The maximum atomic E-state index is 4.83. The van der Waals surface area contributed by atoms with Crippen molar-refractivity contribution in [3.63, 3.8) is 0 Å². The molecule has 7 nitrogen and oxygen atoms in total. The number of nitrogens with zero attached hydrogens (tertiary/aromatic N) is 6. The summed E-state index contributed by atoms with van der Waals surface area (Å²) in [5, 5.41) is 12.8. The van der Waals surface area contributed by atoms with Gasteiger partial charge in [-0.1, -0.05) is 26.7 Å². The van der Waals surface area contributed by atoms with E-state index in [0.29, 0.717) is 18.5 Å². The topological polar surface area (TPSA) is 63.3 Å². The Bertz CT molecular complexity index is 787. The zero-order valence-electron chi connectivity index (χ0n) is 18.4. The summed E-state index contributed by atoms with van der Waals surface area (Å²) in [6, 6.07) is 2.68. The van der Waals surface area contributed by atoms with E-state index in [4.69, 9.17) is 10.1 Å². The van der Waals surface area contributed by atoms with Gasteiger partial charge in [0.15, 0.2) is 5.96 Å². The molecule has 1 N–H and O–H groups in total. The Morgan fingerprint density at radius 3 is 2.69 bits per heavy atom. The Balaban J connectivity index is 0.00000300. The largest absolute Gasteiger partial charge is 0.357 e. The molecule has 0 saturated heterocycles. The van der Waals surface area contributed by atoms with Crippen molar-refractivity contribution in [3.8, 4) is 0 Å². The van der Waals surface area contributed by atoms with E-state index in [2.05, 4.69) is 66.3 Å². The van der Waals surface area contributed by atoms with Gasteiger partial charge < -0.3 is 10.2 Å². The molecule has 0 aromatic carbocycles. The lowest BCUT2D eigenvalue weighted by atomic mass is 10.1. The summed E-state index contributed by atoms with van der Waals surface area (Å²) >= 11 is 0. The van der Waals surface area contributed by atoms with Gasteiger partial charge in [-0.05, 0) is 31.7 Å². The summed E-state index contributed by atoms with van der Waals surface area (Å²) in [5.74, 6) is 1.31. The molecule has 0 radical (unpaired) electrons. The summed E-state index contributed by atoms with van der Waals surface area (Å²) in [6.07, 6.45) is 9.36. The van der Waals surface area contributed by atoms with Crippen molar-refractivity contribution < 1.29 is 0 Å². The molecule has 1 fully saturated rings. The summed E-state index contributed by atoms with van der Waals surface area (Å²) in [4.78, 5) is 7.00. The molecule has 8 heteroatoms. The van der Waals surface area contributed by atoms with Crippen molar-refractivity contribution in [1.82, 2.24) is 29.8 Å². The molecule has 0 unspecified atom stereocenters. The Morgan fingerprint density at radius 1 is 1.31 bits per heavy atom. The van der Waals surface area contributed by atoms with Gasteiger partial charge in [-0.2, -0.15) is 10.2 Å². The highest BCUT2D eigenvalue weighted by molar-refractivity contribution is 14.0. The molecule has 2 heterocycles. The average molecular weight is 513 g/mol. The molecule has 1 aliphatic rings. The van der Waals surface area contributed by atoms with Crippen LogP contribution in [-0.2, 0) is 20.1 Å². The van der Waals surface area contributed by atoms with E-state index in [1.54, 1.807) is 0 Å². The van der Waals surface area contributed by atoms with E-state index >= 15 is 0 Å². The number of aryl methyl sites for hydroxylation is 1. The fourth-order valence-corrected chi connectivity index (χ4v) is 3.95. The molecule has 0 bridgehead atoms. The summed E-state index contributed by atoms with van der Waals surface area (Å²) < 4.78 is 4.04. The molecule has 0 atom stereocenters. The minimum atomic E-state index is 0. The molecule has 2 aromatic rings. The number of halogens is 1. The number of rotatable bonds is 7. The predicted octanol–water partition coefficient (Wildman–Crippen LogP) is 4.07. The predicted molar refractivity (Wildman–Crippen MR) is 129 cm³/mol. The van der Waals surface area contributed by atoms with E-state index in [9.17, 15) is 0 Å². The van der Waals surface area contributed by atoms with E-state index in [1.807, 2.05) is 11.7 Å². The van der Waals surface area contributed by atoms with Gasteiger partial charge in [0.2, 0.25) is 0 Å². The number of hydrogen-bond acceptors (Lipinski definition) is 3. The zero-order chi connectivity index (χ0) is 20.1. The first-order valence-electron chi connectivity index (χ1n) is 10.5. The van der Waals surface area contributed by atoms with Crippen LogP contribution in [0.15, 0.2) is 23.5 Å². The van der Waals surface area contributed by atoms with Gasteiger partial charge in [-0.15, -0.1) is 24.0 Å². The lowest BCUT2D eigenvalue weighted by Crippen LogP contribution is -2.38. The van der Waals surface area contributed by atoms with Crippen LogP contribution < -0.4 is 5.32 Å². The molecular formula is C21H36IN7. The Hall–Kier alpha value is -1.58. The fraction of sp³-hybridized carbons (Fsp3) is 0.667. The van der Waals surface area contributed by atoms with Crippen LogP contribution in [0.3, 0.4) is 0 Å². The molecule has 2 aromatic heterocycles. The van der Waals surface area contributed by atoms with E-state index < -0.39 is 0 Å². The molecule has 29 heavy (non-hydrogen) atoms. The van der Waals surface area contributed by atoms with Crippen LogP contribution in [0.4, 0.5) is 0 Å². The van der Waals surface area contributed by atoms with E-state index in [0.717, 1.165) is 30.4 Å². The fourth-order valence-electron chi connectivity index (χ4n) is 3.95. The smallest absolute Gasteiger partial charge is 0.194 e. The van der Waals surface area contributed by atoms with Crippen molar-refractivity contribution in [1.29, 1.82) is 0 Å². The molecule has 0 aliphatic heterocycles. The highest BCUT2D eigenvalue weighted by Crippen LogP contribution is 2.28. The van der Waals surface area contributed by atoms with Crippen LogP contribution in [-0.4, -0.2) is 44.0 Å². The SMILES string of the molecule is CCNC(=NCc1ccn(C2CCCC2)n1)N(C)Cc1cn(C)nc1C(C)C.I. The van der Waals surface area contributed by atoms with Gasteiger partial charge >= 0.3 is 0 Å². The number of aliphatic imine (C=N–C) groups is 1. The second-order valence-corrected chi connectivity index (χ2v) is 8.12. The van der Waals surface area contributed by atoms with Gasteiger partial charge in [-0.3, -0.25) is 9.36 Å². The first-order valence-corrected chi connectivity index (χ1v) is 10.5. The third-order valence-corrected chi connectivity index (χ3v) is 5.34. The Labute approximate surface area is 192 Å². The highest BCUT2D eigenvalue weighted by atomic mass is 127. The molecule has 0 amide bonds. The summed E-state index contributed by atoms with van der Waals surface area (Å²) in [5.41, 5.74) is 3.43. The van der Waals surface area contributed by atoms with Crippen molar-refractivity contribution in [2.45, 2.75) is 71.5 Å². The maximum Gasteiger partial charge on any atom is 0.194 e. The first kappa shape index (κ1) is 23.7. The molecule has 3 rings (SSSR count). The number of guanidine groups is 1. The van der Waals surface area contributed by atoms with Gasteiger partial charge in [-0.25, -0.2) is 4.99 Å². The van der Waals surface area contributed by atoms with Gasteiger partial charge in [0.05, 0.1) is 24.0 Å². The normalized spacial score (nSPS) is 15.0. The number of hydrogen-bond donors (Lipinski definition) is 1. The lowest BCUT2D eigenvalue weighted by Gasteiger charge is -2.22. The minimum absolute atomic E-state index is 0. The van der Waals surface area contributed by atoms with Crippen molar-refractivity contribution in [3.05, 3.63) is 35.4 Å².